The summed E-state index contributed by atoms with van der Waals surface area (Å²) >= 11 is 0. The van der Waals surface area contributed by atoms with Gasteiger partial charge in [0.2, 0.25) is 0 Å². The fraction of sp³-hybridized carbons (Fsp3) is 0.308. The van der Waals surface area contributed by atoms with Crippen molar-refractivity contribution in [1.29, 1.82) is 0 Å². The van der Waals surface area contributed by atoms with Crippen LogP contribution in [0.1, 0.15) is 27.1 Å². The van der Waals surface area contributed by atoms with Gasteiger partial charge in [0, 0.05) is 13.0 Å². The number of aliphatic hydroxyl groups excluding tert-OH is 1. The van der Waals surface area contributed by atoms with Crippen LogP contribution in [0.4, 0.5) is 0 Å². The predicted octanol–water partition coefficient (Wildman–Crippen LogP) is 0.207. The first kappa shape index (κ1) is 13.2. The summed E-state index contributed by atoms with van der Waals surface area (Å²) in [6, 6.07) is 5.26. The fourth-order valence-electron chi connectivity index (χ4n) is 2.10. The zero-order chi connectivity index (χ0) is 14.0. The van der Waals surface area contributed by atoms with Crippen LogP contribution in [0, 0.1) is 0 Å². The average Bonchev–Trinajstić information content (AvgIpc) is 2.68. The van der Waals surface area contributed by atoms with E-state index in [-0.39, 0.29) is 24.2 Å². The fourth-order valence-corrected chi connectivity index (χ4v) is 2.10. The first-order chi connectivity index (χ1) is 9.11. The molecule has 6 heteroatoms. The van der Waals surface area contributed by atoms with Crippen molar-refractivity contribution in [2.45, 2.75) is 12.5 Å². The first-order valence-corrected chi connectivity index (χ1v) is 5.77. The van der Waals surface area contributed by atoms with Crippen molar-refractivity contribution < 1.29 is 24.2 Å². The molecule has 100 valence electrons. The second kappa shape index (κ2) is 5.19. The molecule has 2 amide bonds. The number of amides is 2. The molecule has 1 aromatic carbocycles. The molecule has 0 bridgehead atoms. The molecular formula is C13H13NO5. The first-order valence-electron chi connectivity index (χ1n) is 5.77. The van der Waals surface area contributed by atoms with Crippen molar-refractivity contribution >= 4 is 17.8 Å². The second-order valence-corrected chi connectivity index (χ2v) is 4.08. The highest BCUT2D eigenvalue weighted by Gasteiger charge is 2.42. The number of nitrogens with zero attached hydrogens (tertiary/aromatic N) is 1. The van der Waals surface area contributed by atoms with Crippen molar-refractivity contribution in [2.24, 2.45) is 0 Å². The Morgan fingerprint density at radius 2 is 1.79 bits per heavy atom. The molecule has 1 aliphatic heterocycles. The number of fused-ring (bicyclic) bond motifs is 1. The van der Waals surface area contributed by atoms with E-state index in [1.165, 1.54) is 19.2 Å². The number of hydrogen-bond acceptors (Lipinski definition) is 5. The minimum atomic E-state index is -1.10. The molecule has 19 heavy (non-hydrogen) atoms. The largest absolute Gasteiger partial charge is 0.467 e. The van der Waals surface area contributed by atoms with E-state index in [0.717, 1.165) is 4.90 Å². The normalized spacial score (nSPS) is 15.4. The maximum Gasteiger partial charge on any atom is 0.329 e. The van der Waals surface area contributed by atoms with E-state index in [0.29, 0.717) is 0 Å². The van der Waals surface area contributed by atoms with E-state index < -0.39 is 23.8 Å². The number of hydrogen-bond donors (Lipinski definition) is 1. The van der Waals surface area contributed by atoms with Crippen LogP contribution >= 0.6 is 0 Å². The molecule has 0 unspecified atom stereocenters. The van der Waals surface area contributed by atoms with Gasteiger partial charge in [0.15, 0.2) is 0 Å². The van der Waals surface area contributed by atoms with Crippen molar-refractivity contribution in [1.82, 2.24) is 4.90 Å². The van der Waals surface area contributed by atoms with Gasteiger partial charge in [0.1, 0.15) is 6.04 Å². The molecule has 0 fully saturated rings. The van der Waals surface area contributed by atoms with Gasteiger partial charge in [-0.3, -0.25) is 14.5 Å². The van der Waals surface area contributed by atoms with Crippen LogP contribution in [0.25, 0.3) is 0 Å². The lowest BCUT2D eigenvalue weighted by Gasteiger charge is -2.23. The van der Waals surface area contributed by atoms with Gasteiger partial charge in [-0.15, -0.1) is 0 Å². The molecule has 0 saturated heterocycles. The van der Waals surface area contributed by atoms with E-state index in [2.05, 4.69) is 4.74 Å². The van der Waals surface area contributed by atoms with Gasteiger partial charge >= 0.3 is 5.97 Å². The highest BCUT2D eigenvalue weighted by atomic mass is 16.5. The zero-order valence-electron chi connectivity index (χ0n) is 10.3. The number of aliphatic hydroxyl groups is 1. The maximum absolute atomic E-state index is 12.2. The monoisotopic (exact) mass is 263 g/mol. The van der Waals surface area contributed by atoms with E-state index in [1.54, 1.807) is 12.1 Å². The van der Waals surface area contributed by atoms with Gasteiger partial charge in [-0.25, -0.2) is 4.79 Å². The SMILES string of the molecule is COC(=O)[C@H](CCO)N1C(=O)c2ccccc2C1=O. The summed E-state index contributed by atoms with van der Waals surface area (Å²) in [5.74, 6) is -1.79. The van der Waals surface area contributed by atoms with Gasteiger partial charge in [0.25, 0.3) is 11.8 Å². The van der Waals surface area contributed by atoms with Crippen molar-refractivity contribution in [3.8, 4) is 0 Å². The Morgan fingerprint density at radius 3 is 2.21 bits per heavy atom. The highest BCUT2D eigenvalue weighted by Crippen LogP contribution is 2.25. The zero-order valence-corrected chi connectivity index (χ0v) is 10.3. The van der Waals surface area contributed by atoms with Gasteiger partial charge in [-0.2, -0.15) is 0 Å². The number of esters is 1. The summed E-state index contributed by atoms with van der Waals surface area (Å²) in [7, 11) is 1.17. The molecule has 6 nitrogen and oxygen atoms in total. The molecule has 0 aromatic heterocycles. The topological polar surface area (TPSA) is 83.9 Å². The van der Waals surface area contributed by atoms with Crippen LogP contribution in [0.5, 0.6) is 0 Å². The number of ether oxygens (including phenoxy) is 1. The Kier molecular flexibility index (Phi) is 3.62. The molecule has 0 radical (unpaired) electrons. The van der Waals surface area contributed by atoms with Crippen LogP contribution in [0.3, 0.4) is 0 Å². The predicted molar refractivity (Wildman–Crippen MR) is 64.4 cm³/mol. The van der Waals surface area contributed by atoms with E-state index in [9.17, 15) is 14.4 Å². The van der Waals surface area contributed by atoms with Crippen LogP contribution in [-0.4, -0.2) is 47.5 Å². The Bertz CT molecular complexity index is 505. The van der Waals surface area contributed by atoms with Crippen molar-refractivity contribution in [3.63, 3.8) is 0 Å². The molecule has 0 saturated carbocycles. The van der Waals surface area contributed by atoms with E-state index in [1.807, 2.05) is 0 Å². The molecule has 2 rings (SSSR count). The third kappa shape index (κ3) is 2.10. The maximum atomic E-state index is 12.2. The summed E-state index contributed by atoms with van der Waals surface area (Å²) in [6.45, 7) is -0.326. The molecule has 1 N–H and O–H groups in total. The molecule has 1 aromatic rings. The summed E-state index contributed by atoms with van der Waals surface area (Å²) in [6.07, 6.45) is -0.0435. The average molecular weight is 263 g/mol. The Balaban J connectivity index is 2.39. The number of rotatable bonds is 4. The third-order valence-electron chi connectivity index (χ3n) is 3.01. The van der Waals surface area contributed by atoms with Crippen LogP contribution in [-0.2, 0) is 9.53 Å². The van der Waals surface area contributed by atoms with Crippen molar-refractivity contribution in [3.05, 3.63) is 35.4 Å². The summed E-state index contributed by atoms with van der Waals surface area (Å²) in [4.78, 5) is 36.8. The van der Waals surface area contributed by atoms with Crippen LogP contribution in [0.2, 0.25) is 0 Å². The Labute approximate surface area is 109 Å². The molecule has 1 atom stereocenters. The van der Waals surface area contributed by atoms with E-state index >= 15 is 0 Å². The van der Waals surface area contributed by atoms with Gasteiger partial charge in [-0.05, 0) is 12.1 Å². The molecular weight excluding hydrogens is 250 g/mol. The van der Waals surface area contributed by atoms with Gasteiger partial charge in [0.05, 0.1) is 18.2 Å². The molecule has 0 aliphatic carbocycles. The number of carbonyl (C=O) groups excluding carboxylic acids is 3. The number of benzene rings is 1. The molecule has 0 spiro atoms. The minimum absolute atomic E-state index is 0.0435. The highest BCUT2D eigenvalue weighted by molar-refractivity contribution is 6.22. The quantitative estimate of drug-likeness (QED) is 0.620. The van der Waals surface area contributed by atoms with Crippen LogP contribution < -0.4 is 0 Å². The lowest BCUT2D eigenvalue weighted by Crippen LogP contribution is -2.45. The number of carbonyl (C=O) groups is 3. The number of methoxy groups -OCH3 is 1. The molecule has 1 aliphatic rings. The molecule has 1 heterocycles. The second-order valence-electron chi connectivity index (χ2n) is 4.08. The lowest BCUT2D eigenvalue weighted by molar-refractivity contribution is -0.145. The summed E-state index contributed by atoms with van der Waals surface area (Å²) in [5, 5.41) is 8.97. The summed E-state index contributed by atoms with van der Waals surface area (Å²) < 4.78 is 4.58. The van der Waals surface area contributed by atoms with Crippen molar-refractivity contribution in [2.75, 3.05) is 13.7 Å². The third-order valence-corrected chi connectivity index (χ3v) is 3.01. The van der Waals surface area contributed by atoms with E-state index in [4.69, 9.17) is 5.11 Å². The van der Waals surface area contributed by atoms with Crippen LogP contribution in [0.15, 0.2) is 24.3 Å². The standard InChI is InChI=1S/C13H13NO5/c1-19-13(18)10(6-7-15)14-11(16)8-4-2-3-5-9(8)12(14)17/h2-5,10,15H,6-7H2,1H3/t10-/m0/s1. The number of imide groups is 1. The van der Waals surface area contributed by atoms with Gasteiger partial charge < -0.3 is 9.84 Å². The smallest absolute Gasteiger partial charge is 0.329 e. The lowest BCUT2D eigenvalue weighted by atomic mass is 10.1. The minimum Gasteiger partial charge on any atom is -0.467 e. The summed E-state index contributed by atoms with van der Waals surface area (Å²) in [5.41, 5.74) is 0.527. The Morgan fingerprint density at radius 1 is 1.26 bits per heavy atom. The Hall–Kier alpha value is -2.21. The van der Waals surface area contributed by atoms with Gasteiger partial charge in [-0.1, -0.05) is 12.1 Å².